The lowest BCUT2D eigenvalue weighted by Crippen LogP contribution is -2.51. The maximum Gasteiger partial charge on any atom is 0.280 e. The van der Waals surface area contributed by atoms with E-state index in [2.05, 4.69) is 11.9 Å². The number of ketones is 1. The number of ether oxygens (including phenoxy) is 2. The first-order chi connectivity index (χ1) is 15.8. The first kappa shape index (κ1) is 21.9. The third-order valence-corrected chi connectivity index (χ3v) is 7.07. The monoisotopic (exact) mass is 455 g/mol. The molecule has 33 heavy (non-hydrogen) atoms. The molecule has 1 saturated carbocycles. The Morgan fingerprint density at radius 1 is 1.21 bits per heavy atom. The van der Waals surface area contributed by atoms with Gasteiger partial charge in [0.05, 0.1) is 24.5 Å². The molecule has 0 N–H and O–H groups in total. The number of fused-ring (bicyclic) bond motifs is 4. The molecular weight excluding hydrogens is 428 g/mol. The molecule has 0 unspecified atom stereocenters. The van der Waals surface area contributed by atoms with Crippen LogP contribution in [0.2, 0.25) is 0 Å². The Morgan fingerprint density at radius 2 is 2.00 bits per heavy atom. The molecule has 3 aromatic rings. The van der Waals surface area contributed by atoms with Gasteiger partial charge in [0.15, 0.2) is 5.78 Å². The third-order valence-electron chi connectivity index (χ3n) is 7.07. The molecule has 3 aromatic heterocycles. The number of pyridine rings is 2. The van der Waals surface area contributed by atoms with Gasteiger partial charge in [0.1, 0.15) is 22.8 Å². The topological polar surface area (TPSA) is 65.7 Å². The van der Waals surface area contributed by atoms with E-state index in [4.69, 9.17) is 14.5 Å². The Balaban J connectivity index is 1.47. The molecule has 0 atom stereocenters. The minimum atomic E-state index is -2.72. The van der Waals surface area contributed by atoms with E-state index < -0.39 is 12.1 Å². The summed E-state index contributed by atoms with van der Waals surface area (Å²) in [6.07, 6.45) is 5.27. The molecule has 2 saturated heterocycles. The van der Waals surface area contributed by atoms with Crippen molar-refractivity contribution in [2.75, 3.05) is 13.2 Å². The van der Waals surface area contributed by atoms with Gasteiger partial charge < -0.3 is 13.9 Å². The SMILES string of the molecule is CCOc1cc2nc(C34CCC(C)(CC3)OC4)cn2cc1CC(=O)c1cccc(C(F)F)n1. The highest BCUT2D eigenvalue weighted by Gasteiger charge is 2.49. The summed E-state index contributed by atoms with van der Waals surface area (Å²) in [7, 11) is 0. The summed E-state index contributed by atoms with van der Waals surface area (Å²) in [6, 6.07) is 5.94. The number of carbonyl (C=O) groups is 1. The van der Waals surface area contributed by atoms with Crippen molar-refractivity contribution in [3.8, 4) is 5.75 Å². The van der Waals surface area contributed by atoms with Crippen molar-refractivity contribution in [1.29, 1.82) is 0 Å². The molecule has 0 radical (unpaired) electrons. The smallest absolute Gasteiger partial charge is 0.280 e. The molecular formula is C25H27F2N3O3. The van der Waals surface area contributed by atoms with Crippen LogP contribution in [0.3, 0.4) is 0 Å². The summed E-state index contributed by atoms with van der Waals surface area (Å²) in [6.45, 7) is 5.16. The Morgan fingerprint density at radius 3 is 2.67 bits per heavy atom. The molecule has 6 nitrogen and oxygen atoms in total. The molecule has 3 fully saturated rings. The first-order valence-corrected chi connectivity index (χ1v) is 11.4. The van der Waals surface area contributed by atoms with E-state index in [0.29, 0.717) is 24.5 Å². The number of rotatable bonds is 7. The lowest BCUT2D eigenvalue weighted by Gasteiger charge is -2.51. The highest BCUT2D eigenvalue weighted by atomic mass is 19.3. The van der Waals surface area contributed by atoms with Crippen LogP contribution in [0.25, 0.3) is 5.65 Å². The van der Waals surface area contributed by atoms with Crippen LogP contribution in [0.15, 0.2) is 36.7 Å². The van der Waals surface area contributed by atoms with Crippen molar-refractivity contribution in [2.45, 2.75) is 63.4 Å². The normalized spacial score (nSPS) is 24.5. The molecule has 0 amide bonds. The van der Waals surface area contributed by atoms with Crippen LogP contribution < -0.4 is 4.74 Å². The number of carbonyl (C=O) groups excluding carboxylic acids is 1. The van der Waals surface area contributed by atoms with E-state index >= 15 is 0 Å². The molecule has 6 rings (SSSR count). The highest BCUT2D eigenvalue weighted by Crippen LogP contribution is 2.49. The molecule has 174 valence electrons. The lowest BCUT2D eigenvalue weighted by molar-refractivity contribution is -0.146. The highest BCUT2D eigenvalue weighted by molar-refractivity contribution is 5.96. The summed E-state index contributed by atoms with van der Waals surface area (Å²) in [4.78, 5) is 21.6. The van der Waals surface area contributed by atoms with Gasteiger partial charge in [-0.1, -0.05) is 6.07 Å². The number of nitrogens with zero attached hydrogens (tertiary/aromatic N) is 3. The number of alkyl halides is 2. The number of hydrogen-bond donors (Lipinski definition) is 0. The van der Waals surface area contributed by atoms with E-state index in [0.717, 1.165) is 37.0 Å². The van der Waals surface area contributed by atoms with Crippen molar-refractivity contribution in [2.24, 2.45) is 0 Å². The molecule has 2 bridgehead atoms. The Bertz CT molecular complexity index is 1180. The molecule has 3 aliphatic rings. The maximum absolute atomic E-state index is 13.0. The van der Waals surface area contributed by atoms with Crippen LogP contribution in [0, 0.1) is 0 Å². The molecule has 8 heteroatoms. The number of Topliss-reactive ketones (excluding diaryl/α,β-unsaturated/α-hetero) is 1. The molecule has 2 aliphatic heterocycles. The van der Waals surface area contributed by atoms with Gasteiger partial charge in [-0.25, -0.2) is 18.7 Å². The predicted octanol–water partition coefficient (Wildman–Crippen LogP) is 5.09. The van der Waals surface area contributed by atoms with Gasteiger partial charge in [0.25, 0.3) is 6.43 Å². The fourth-order valence-corrected chi connectivity index (χ4v) is 4.92. The van der Waals surface area contributed by atoms with Crippen LogP contribution in [0.4, 0.5) is 8.78 Å². The van der Waals surface area contributed by atoms with Crippen LogP contribution in [-0.4, -0.2) is 39.0 Å². The summed E-state index contributed by atoms with van der Waals surface area (Å²) < 4.78 is 39.9. The van der Waals surface area contributed by atoms with Crippen molar-refractivity contribution >= 4 is 11.4 Å². The Kier molecular flexibility index (Phi) is 5.43. The van der Waals surface area contributed by atoms with E-state index in [1.165, 1.54) is 18.2 Å². The van der Waals surface area contributed by atoms with Crippen LogP contribution in [-0.2, 0) is 16.6 Å². The minimum absolute atomic E-state index is 0.00770. The summed E-state index contributed by atoms with van der Waals surface area (Å²) in [5.74, 6) is 0.220. The standard InChI is InChI=1S/C25H27F2N3O3/c1-3-32-20-12-22-29-21(25-9-7-24(2,8-10-25)33-15-25)14-30(22)13-16(20)11-19(31)17-5-4-6-18(28-17)23(26)27/h4-6,12-14,23H,3,7-11,15H2,1-2H3. The van der Waals surface area contributed by atoms with Crippen molar-refractivity contribution in [1.82, 2.24) is 14.4 Å². The van der Waals surface area contributed by atoms with Crippen LogP contribution >= 0.6 is 0 Å². The lowest BCUT2D eigenvalue weighted by atomic mass is 9.65. The molecule has 0 aromatic carbocycles. The van der Waals surface area contributed by atoms with Gasteiger partial charge in [-0.3, -0.25) is 4.79 Å². The minimum Gasteiger partial charge on any atom is -0.493 e. The zero-order valence-electron chi connectivity index (χ0n) is 18.8. The van der Waals surface area contributed by atoms with Gasteiger partial charge in [0.2, 0.25) is 0 Å². The second-order valence-electron chi connectivity index (χ2n) is 9.35. The fraction of sp³-hybridized carbons (Fsp3) is 0.480. The average molecular weight is 456 g/mol. The van der Waals surface area contributed by atoms with E-state index in [1.807, 2.05) is 29.8 Å². The average Bonchev–Trinajstić information content (AvgIpc) is 3.24. The number of aromatic nitrogens is 3. The quantitative estimate of drug-likeness (QED) is 0.464. The van der Waals surface area contributed by atoms with Gasteiger partial charge in [0, 0.05) is 35.9 Å². The largest absolute Gasteiger partial charge is 0.493 e. The van der Waals surface area contributed by atoms with E-state index in [1.54, 1.807) is 0 Å². The van der Waals surface area contributed by atoms with Gasteiger partial charge in [-0.05, 0) is 51.7 Å². The van der Waals surface area contributed by atoms with Crippen LogP contribution in [0.5, 0.6) is 5.75 Å². The van der Waals surface area contributed by atoms with E-state index in [-0.39, 0.29) is 28.9 Å². The van der Waals surface area contributed by atoms with Gasteiger partial charge in [-0.15, -0.1) is 0 Å². The fourth-order valence-electron chi connectivity index (χ4n) is 4.92. The van der Waals surface area contributed by atoms with Crippen molar-refractivity contribution in [3.05, 3.63) is 59.3 Å². The maximum atomic E-state index is 13.0. The zero-order chi connectivity index (χ0) is 23.2. The molecule has 1 aliphatic carbocycles. The molecule has 5 heterocycles. The zero-order valence-corrected chi connectivity index (χ0v) is 18.8. The Hall–Kier alpha value is -2.87. The van der Waals surface area contributed by atoms with E-state index in [9.17, 15) is 13.6 Å². The Labute approximate surface area is 190 Å². The summed E-state index contributed by atoms with van der Waals surface area (Å²) >= 11 is 0. The third kappa shape index (κ3) is 4.01. The number of halogens is 2. The van der Waals surface area contributed by atoms with Crippen molar-refractivity contribution in [3.63, 3.8) is 0 Å². The second-order valence-corrected chi connectivity index (χ2v) is 9.35. The number of imidazole rings is 1. The number of hydrogen-bond acceptors (Lipinski definition) is 5. The first-order valence-electron chi connectivity index (χ1n) is 11.4. The summed E-state index contributed by atoms with van der Waals surface area (Å²) in [5, 5.41) is 0. The predicted molar refractivity (Wildman–Crippen MR) is 118 cm³/mol. The van der Waals surface area contributed by atoms with Crippen molar-refractivity contribution < 1.29 is 23.0 Å². The summed E-state index contributed by atoms with van der Waals surface area (Å²) in [5.41, 5.74) is 1.94. The van der Waals surface area contributed by atoms with Gasteiger partial charge in [-0.2, -0.15) is 0 Å². The molecule has 0 spiro atoms. The van der Waals surface area contributed by atoms with Crippen LogP contribution in [0.1, 0.15) is 73.4 Å². The second kappa shape index (κ2) is 8.17. The van der Waals surface area contributed by atoms with Gasteiger partial charge >= 0.3 is 0 Å².